The fourth-order valence-corrected chi connectivity index (χ4v) is 2.69. The normalized spacial score (nSPS) is 16.1. The summed E-state index contributed by atoms with van der Waals surface area (Å²) in [7, 11) is 1.75. The first-order valence-corrected chi connectivity index (χ1v) is 7.39. The first-order valence-electron chi connectivity index (χ1n) is 7.39. The Kier molecular flexibility index (Phi) is 6.34. The molecule has 19 heavy (non-hydrogen) atoms. The highest BCUT2D eigenvalue weighted by atomic mass is 16.5. The standard InChI is InChI=1S/C16H26N2O/c1-19-13-10-17-9-5-12-18-11-4-8-15-6-2-3-7-16(15)14-18/h2-3,6-7,17H,4-5,8-14H2,1H3. The summed E-state index contributed by atoms with van der Waals surface area (Å²) in [4.78, 5) is 2.59. The molecule has 3 heteroatoms. The summed E-state index contributed by atoms with van der Waals surface area (Å²) >= 11 is 0. The number of benzene rings is 1. The number of aryl methyl sites for hydroxylation is 1. The molecule has 0 radical (unpaired) electrons. The van der Waals surface area contributed by atoms with Gasteiger partial charge in [-0.15, -0.1) is 0 Å². The number of rotatable bonds is 7. The second-order valence-electron chi connectivity index (χ2n) is 5.24. The molecule has 0 saturated heterocycles. The number of ether oxygens (including phenoxy) is 1. The van der Waals surface area contributed by atoms with E-state index in [0.29, 0.717) is 0 Å². The van der Waals surface area contributed by atoms with Gasteiger partial charge in [0.15, 0.2) is 0 Å². The van der Waals surface area contributed by atoms with E-state index in [2.05, 4.69) is 34.5 Å². The van der Waals surface area contributed by atoms with Crippen molar-refractivity contribution in [3.05, 3.63) is 35.4 Å². The number of hydrogen-bond acceptors (Lipinski definition) is 3. The van der Waals surface area contributed by atoms with Crippen molar-refractivity contribution >= 4 is 0 Å². The van der Waals surface area contributed by atoms with Gasteiger partial charge in [-0.1, -0.05) is 24.3 Å². The second kappa shape index (κ2) is 8.31. The lowest BCUT2D eigenvalue weighted by atomic mass is 10.0. The first-order chi connectivity index (χ1) is 9.40. The molecule has 0 saturated carbocycles. The van der Waals surface area contributed by atoms with E-state index in [1.165, 1.54) is 37.9 Å². The van der Waals surface area contributed by atoms with Crippen molar-refractivity contribution in [2.45, 2.75) is 25.8 Å². The van der Waals surface area contributed by atoms with E-state index in [-0.39, 0.29) is 0 Å². The molecule has 0 unspecified atom stereocenters. The van der Waals surface area contributed by atoms with E-state index in [0.717, 1.165) is 26.2 Å². The van der Waals surface area contributed by atoms with Crippen molar-refractivity contribution in [1.29, 1.82) is 0 Å². The molecule has 0 bridgehead atoms. The van der Waals surface area contributed by atoms with Gasteiger partial charge in [-0.05, 0) is 50.0 Å². The first kappa shape index (κ1) is 14.5. The molecule has 1 heterocycles. The van der Waals surface area contributed by atoms with E-state index in [4.69, 9.17) is 4.74 Å². The lowest BCUT2D eigenvalue weighted by molar-refractivity contribution is 0.198. The third kappa shape index (κ3) is 4.94. The van der Waals surface area contributed by atoms with Gasteiger partial charge in [-0.3, -0.25) is 4.90 Å². The molecule has 0 atom stereocenters. The van der Waals surface area contributed by atoms with Gasteiger partial charge >= 0.3 is 0 Å². The number of nitrogens with one attached hydrogen (secondary N) is 1. The third-order valence-electron chi connectivity index (χ3n) is 3.74. The molecule has 0 aliphatic carbocycles. The van der Waals surface area contributed by atoms with E-state index in [1.54, 1.807) is 12.7 Å². The van der Waals surface area contributed by atoms with Crippen LogP contribution in [-0.2, 0) is 17.7 Å². The zero-order valence-corrected chi connectivity index (χ0v) is 12.0. The Morgan fingerprint density at radius 3 is 2.89 bits per heavy atom. The zero-order valence-electron chi connectivity index (χ0n) is 12.0. The van der Waals surface area contributed by atoms with Crippen molar-refractivity contribution in [2.24, 2.45) is 0 Å². The minimum Gasteiger partial charge on any atom is -0.383 e. The fraction of sp³-hybridized carbons (Fsp3) is 0.625. The molecule has 0 spiro atoms. The van der Waals surface area contributed by atoms with Crippen LogP contribution in [0.5, 0.6) is 0 Å². The fourth-order valence-electron chi connectivity index (χ4n) is 2.69. The topological polar surface area (TPSA) is 24.5 Å². The number of hydrogen-bond donors (Lipinski definition) is 1. The van der Waals surface area contributed by atoms with Crippen LogP contribution >= 0.6 is 0 Å². The molecule has 1 aliphatic rings. The van der Waals surface area contributed by atoms with Gasteiger partial charge in [0.05, 0.1) is 6.61 Å². The van der Waals surface area contributed by atoms with E-state index < -0.39 is 0 Å². The van der Waals surface area contributed by atoms with Gasteiger partial charge in [-0.2, -0.15) is 0 Å². The molecule has 1 N–H and O–H groups in total. The molecule has 3 nitrogen and oxygen atoms in total. The number of nitrogens with zero attached hydrogens (tertiary/aromatic N) is 1. The summed E-state index contributed by atoms with van der Waals surface area (Å²) in [5.74, 6) is 0. The highest BCUT2D eigenvalue weighted by Gasteiger charge is 2.12. The van der Waals surface area contributed by atoms with Gasteiger partial charge in [-0.25, -0.2) is 0 Å². The van der Waals surface area contributed by atoms with Gasteiger partial charge in [0.25, 0.3) is 0 Å². The van der Waals surface area contributed by atoms with Gasteiger partial charge in [0.2, 0.25) is 0 Å². The zero-order chi connectivity index (χ0) is 13.3. The van der Waals surface area contributed by atoms with Crippen LogP contribution in [0.15, 0.2) is 24.3 Å². The maximum Gasteiger partial charge on any atom is 0.0587 e. The number of fused-ring (bicyclic) bond motifs is 1. The molecule has 2 rings (SSSR count). The third-order valence-corrected chi connectivity index (χ3v) is 3.74. The van der Waals surface area contributed by atoms with E-state index >= 15 is 0 Å². The summed E-state index contributed by atoms with van der Waals surface area (Å²) in [6.45, 7) is 6.38. The van der Waals surface area contributed by atoms with Crippen molar-refractivity contribution in [3.8, 4) is 0 Å². The van der Waals surface area contributed by atoms with Crippen LogP contribution in [0.1, 0.15) is 24.0 Å². The van der Waals surface area contributed by atoms with Crippen LogP contribution in [0.4, 0.5) is 0 Å². The van der Waals surface area contributed by atoms with Crippen molar-refractivity contribution in [2.75, 3.05) is 39.9 Å². The molecular weight excluding hydrogens is 236 g/mol. The van der Waals surface area contributed by atoms with Crippen molar-refractivity contribution < 1.29 is 4.74 Å². The summed E-state index contributed by atoms with van der Waals surface area (Å²) in [6, 6.07) is 8.89. The highest BCUT2D eigenvalue weighted by Crippen LogP contribution is 2.18. The average Bonchev–Trinajstić information content (AvgIpc) is 2.64. The Hall–Kier alpha value is -0.900. The van der Waals surface area contributed by atoms with Crippen LogP contribution in [0, 0.1) is 0 Å². The molecule has 1 aromatic rings. The molecule has 0 aromatic heterocycles. The average molecular weight is 262 g/mol. The molecular formula is C16H26N2O. The van der Waals surface area contributed by atoms with Gasteiger partial charge < -0.3 is 10.1 Å². The monoisotopic (exact) mass is 262 g/mol. The van der Waals surface area contributed by atoms with Crippen molar-refractivity contribution in [1.82, 2.24) is 10.2 Å². The van der Waals surface area contributed by atoms with Crippen LogP contribution in [0.25, 0.3) is 0 Å². The smallest absolute Gasteiger partial charge is 0.0587 e. The lowest BCUT2D eigenvalue weighted by Crippen LogP contribution is -2.28. The van der Waals surface area contributed by atoms with Crippen LogP contribution in [0.3, 0.4) is 0 Å². The quantitative estimate of drug-likeness (QED) is 0.761. The van der Waals surface area contributed by atoms with Crippen LogP contribution in [0.2, 0.25) is 0 Å². The SMILES string of the molecule is COCCNCCCN1CCCc2ccccc2C1. The van der Waals surface area contributed by atoms with Crippen molar-refractivity contribution in [3.63, 3.8) is 0 Å². The Balaban J connectivity index is 1.70. The summed E-state index contributed by atoms with van der Waals surface area (Å²) < 4.78 is 5.02. The summed E-state index contributed by atoms with van der Waals surface area (Å²) in [6.07, 6.45) is 3.73. The van der Waals surface area contributed by atoms with E-state index in [1.807, 2.05) is 0 Å². The number of methoxy groups -OCH3 is 1. The minimum absolute atomic E-state index is 0.803. The van der Waals surface area contributed by atoms with Crippen LogP contribution in [-0.4, -0.2) is 44.8 Å². The lowest BCUT2D eigenvalue weighted by Gasteiger charge is -2.20. The highest BCUT2D eigenvalue weighted by molar-refractivity contribution is 5.27. The summed E-state index contributed by atoms with van der Waals surface area (Å²) in [5, 5.41) is 3.41. The maximum absolute atomic E-state index is 5.02. The van der Waals surface area contributed by atoms with Gasteiger partial charge in [0, 0.05) is 20.2 Å². The second-order valence-corrected chi connectivity index (χ2v) is 5.24. The molecule has 0 fully saturated rings. The molecule has 1 aliphatic heterocycles. The molecule has 0 amide bonds. The molecule has 106 valence electrons. The Morgan fingerprint density at radius 2 is 2.05 bits per heavy atom. The maximum atomic E-state index is 5.02. The Labute approximate surface area is 116 Å². The predicted molar refractivity (Wildman–Crippen MR) is 79.4 cm³/mol. The minimum atomic E-state index is 0.803. The van der Waals surface area contributed by atoms with E-state index in [9.17, 15) is 0 Å². The summed E-state index contributed by atoms with van der Waals surface area (Å²) in [5.41, 5.74) is 3.07. The largest absolute Gasteiger partial charge is 0.383 e. The van der Waals surface area contributed by atoms with Gasteiger partial charge in [0.1, 0.15) is 0 Å². The molecule has 1 aromatic carbocycles. The van der Waals surface area contributed by atoms with Crippen LogP contribution < -0.4 is 5.32 Å². The Morgan fingerprint density at radius 1 is 1.21 bits per heavy atom. The predicted octanol–water partition coefficient (Wildman–Crippen LogP) is 2.06. The Bertz CT molecular complexity index is 368.